The molecule has 132 valence electrons. The van der Waals surface area contributed by atoms with E-state index in [4.69, 9.17) is 14.2 Å². The van der Waals surface area contributed by atoms with Gasteiger partial charge in [-0.05, 0) is 25.7 Å². The first-order valence-electron chi connectivity index (χ1n) is 8.28. The van der Waals surface area contributed by atoms with Crippen molar-refractivity contribution in [2.75, 3.05) is 26.4 Å². The van der Waals surface area contributed by atoms with E-state index in [0.717, 1.165) is 13.0 Å². The molecule has 0 saturated carbocycles. The quantitative estimate of drug-likeness (QED) is 0.574. The van der Waals surface area contributed by atoms with E-state index in [1.54, 1.807) is 0 Å². The first kappa shape index (κ1) is 21.6. The standard InChI is InChI=1S/C18H36O4/c1-14(21-10-9-17(3,4)5)15(2)22-12-11-20-13-16(19)18(6,7)8/h14-15H,9-13H2,1-8H3/t14-,15-/m0/s1. The molecule has 0 radical (unpaired) electrons. The van der Waals surface area contributed by atoms with E-state index in [-0.39, 0.29) is 35.4 Å². The Bertz CT molecular complexity index is 312. The Balaban J connectivity index is 3.72. The fraction of sp³-hybridized carbons (Fsp3) is 0.944. The van der Waals surface area contributed by atoms with E-state index in [2.05, 4.69) is 20.8 Å². The summed E-state index contributed by atoms with van der Waals surface area (Å²) >= 11 is 0. The van der Waals surface area contributed by atoms with Gasteiger partial charge in [0.05, 0.1) is 25.4 Å². The van der Waals surface area contributed by atoms with Gasteiger partial charge in [0, 0.05) is 12.0 Å². The second-order valence-corrected chi connectivity index (χ2v) is 8.19. The lowest BCUT2D eigenvalue weighted by Crippen LogP contribution is -2.29. The minimum absolute atomic E-state index is 0.0156. The van der Waals surface area contributed by atoms with Gasteiger partial charge < -0.3 is 14.2 Å². The lowest BCUT2D eigenvalue weighted by molar-refractivity contribution is -0.132. The maximum atomic E-state index is 11.7. The molecule has 2 atom stereocenters. The number of carbonyl (C=O) groups excluding carboxylic acids is 1. The number of hydrogen-bond donors (Lipinski definition) is 0. The Morgan fingerprint density at radius 1 is 0.864 bits per heavy atom. The van der Waals surface area contributed by atoms with E-state index < -0.39 is 0 Å². The normalized spacial score (nSPS) is 15.6. The molecule has 0 amide bonds. The molecule has 4 nitrogen and oxygen atoms in total. The molecule has 0 saturated heterocycles. The van der Waals surface area contributed by atoms with E-state index in [1.165, 1.54) is 0 Å². The molecule has 0 unspecified atom stereocenters. The van der Waals surface area contributed by atoms with Crippen LogP contribution in [0.25, 0.3) is 0 Å². The summed E-state index contributed by atoms with van der Waals surface area (Å²) in [6.07, 6.45) is 1.10. The largest absolute Gasteiger partial charge is 0.376 e. The Morgan fingerprint density at radius 3 is 1.82 bits per heavy atom. The van der Waals surface area contributed by atoms with E-state index in [0.29, 0.717) is 13.2 Å². The summed E-state index contributed by atoms with van der Waals surface area (Å²) in [7, 11) is 0. The van der Waals surface area contributed by atoms with E-state index in [9.17, 15) is 4.79 Å². The summed E-state index contributed by atoms with van der Waals surface area (Å²) in [5, 5.41) is 0. The Hall–Kier alpha value is -0.450. The molecule has 22 heavy (non-hydrogen) atoms. The summed E-state index contributed by atoms with van der Waals surface area (Å²) in [6, 6.07) is 0. The van der Waals surface area contributed by atoms with Gasteiger partial charge in [-0.2, -0.15) is 0 Å². The van der Waals surface area contributed by atoms with Crippen LogP contribution in [0.5, 0.6) is 0 Å². The monoisotopic (exact) mass is 316 g/mol. The zero-order chi connectivity index (χ0) is 17.4. The molecule has 0 aliphatic rings. The molecule has 0 fully saturated rings. The lowest BCUT2D eigenvalue weighted by Gasteiger charge is -2.24. The van der Waals surface area contributed by atoms with Gasteiger partial charge in [0.1, 0.15) is 6.61 Å². The van der Waals surface area contributed by atoms with Crippen LogP contribution >= 0.6 is 0 Å². The number of carbonyl (C=O) groups is 1. The van der Waals surface area contributed by atoms with E-state index in [1.807, 2.05) is 34.6 Å². The highest BCUT2D eigenvalue weighted by Crippen LogP contribution is 2.19. The third kappa shape index (κ3) is 11.2. The molecule has 0 bridgehead atoms. The number of hydrogen-bond acceptors (Lipinski definition) is 4. The molecular formula is C18H36O4. The maximum Gasteiger partial charge on any atom is 0.163 e. The molecule has 0 aromatic carbocycles. The Morgan fingerprint density at radius 2 is 1.36 bits per heavy atom. The third-order valence-corrected chi connectivity index (χ3v) is 3.57. The minimum Gasteiger partial charge on any atom is -0.376 e. The van der Waals surface area contributed by atoms with Crippen molar-refractivity contribution in [2.45, 2.75) is 74.0 Å². The highest BCUT2D eigenvalue weighted by atomic mass is 16.6. The molecule has 0 heterocycles. The molecule has 0 N–H and O–H groups in total. The maximum absolute atomic E-state index is 11.7. The van der Waals surface area contributed by atoms with Gasteiger partial charge in [-0.25, -0.2) is 0 Å². The van der Waals surface area contributed by atoms with Gasteiger partial charge in [-0.3, -0.25) is 4.79 Å². The van der Waals surface area contributed by atoms with Crippen molar-refractivity contribution < 1.29 is 19.0 Å². The van der Waals surface area contributed by atoms with E-state index >= 15 is 0 Å². The average Bonchev–Trinajstić information content (AvgIpc) is 2.34. The van der Waals surface area contributed by atoms with Crippen LogP contribution in [0.4, 0.5) is 0 Å². The molecule has 4 heteroatoms. The van der Waals surface area contributed by atoms with Crippen LogP contribution < -0.4 is 0 Å². The van der Waals surface area contributed by atoms with Crippen LogP contribution in [0.15, 0.2) is 0 Å². The Kier molecular flexibility index (Phi) is 9.44. The molecule has 0 aromatic heterocycles. The van der Waals surface area contributed by atoms with Gasteiger partial charge in [-0.15, -0.1) is 0 Å². The zero-order valence-electron chi connectivity index (χ0n) is 15.8. The van der Waals surface area contributed by atoms with Crippen LogP contribution in [-0.4, -0.2) is 44.4 Å². The van der Waals surface area contributed by atoms with Gasteiger partial charge in [0.25, 0.3) is 0 Å². The van der Waals surface area contributed by atoms with Crippen molar-refractivity contribution in [1.29, 1.82) is 0 Å². The van der Waals surface area contributed by atoms with Crippen LogP contribution in [0.3, 0.4) is 0 Å². The fourth-order valence-corrected chi connectivity index (χ4v) is 1.50. The number of rotatable bonds is 10. The number of ether oxygens (including phenoxy) is 3. The average molecular weight is 316 g/mol. The molecular weight excluding hydrogens is 280 g/mol. The van der Waals surface area contributed by atoms with Crippen molar-refractivity contribution in [3.63, 3.8) is 0 Å². The zero-order valence-corrected chi connectivity index (χ0v) is 15.8. The van der Waals surface area contributed by atoms with Crippen LogP contribution in [-0.2, 0) is 19.0 Å². The highest BCUT2D eigenvalue weighted by Gasteiger charge is 2.21. The minimum atomic E-state index is -0.344. The second-order valence-electron chi connectivity index (χ2n) is 8.19. The lowest BCUT2D eigenvalue weighted by atomic mass is 9.91. The van der Waals surface area contributed by atoms with Crippen LogP contribution in [0.2, 0.25) is 0 Å². The van der Waals surface area contributed by atoms with Crippen molar-refractivity contribution in [1.82, 2.24) is 0 Å². The third-order valence-electron chi connectivity index (χ3n) is 3.57. The number of Topliss-reactive ketones (excluding diaryl/α,β-unsaturated/α-hetero) is 1. The molecule has 0 rings (SSSR count). The van der Waals surface area contributed by atoms with Gasteiger partial charge >= 0.3 is 0 Å². The first-order valence-corrected chi connectivity index (χ1v) is 8.28. The van der Waals surface area contributed by atoms with Crippen molar-refractivity contribution in [3.8, 4) is 0 Å². The number of ketones is 1. The molecule has 0 spiro atoms. The predicted octanol–water partition coefficient (Wildman–Crippen LogP) is 3.86. The summed E-state index contributed by atoms with van der Waals surface area (Å²) in [5.41, 5.74) is -0.0548. The summed E-state index contributed by atoms with van der Waals surface area (Å²) in [4.78, 5) is 11.7. The second kappa shape index (κ2) is 9.64. The first-order chi connectivity index (χ1) is 9.93. The summed E-state index contributed by atoms with van der Waals surface area (Å²) in [5.74, 6) is 0.111. The van der Waals surface area contributed by atoms with Crippen molar-refractivity contribution in [3.05, 3.63) is 0 Å². The van der Waals surface area contributed by atoms with Gasteiger partial charge in [0.15, 0.2) is 5.78 Å². The predicted molar refractivity (Wildman–Crippen MR) is 90.2 cm³/mol. The smallest absolute Gasteiger partial charge is 0.163 e. The van der Waals surface area contributed by atoms with Crippen LogP contribution in [0.1, 0.15) is 61.8 Å². The van der Waals surface area contributed by atoms with Gasteiger partial charge in [-0.1, -0.05) is 41.5 Å². The summed E-state index contributed by atoms with van der Waals surface area (Å²) < 4.78 is 16.9. The SMILES string of the molecule is C[C@H](OCCOCC(=O)C(C)(C)C)[C@H](C)OCCC(C)(C)C. The Labute approximate surface area is 136 Å². The fourth-order valence-electron chi connectivity index (χ4n) is 1.50. The topological polar surface area (TPSA) is 44.8 Å². The van der Waals surface area contributed by atoms with Crippen molar-refractivity contribution >= 4 is 5.78 Å². The van der Waals surface area contributed by atoms with Crippen molar-refractivity contribution in [2.24, 2.45) is 10.8 Å². The molecule has 0 aliphatic heterocycles. The highest BCUT2D eigenvalue weighted by molar-refractivity contribution is 5.84. The summed E-state index contributed by atoms with van der Waals surface area (Å²) in [6.45, 7) is 18.1. The van der Waals surface area contributed by atoms with Crippen LogP contribution in [0, 0.1) is 10.8 Å². The molecule has 0 aromatic rings. The van der Waals surface area contributed by atoms with Gasteiger partial charge in [0.2, 0.25) is 0 Å². The molecule has 0 aliphatic carbocycles.